The molecule has 0 radical (unpaired) electrons. The van der Waals surface area contributed by atoms with E-state index < -0.39 is 6.04 Å². The summed E-state index contributed by atoms with van der Waals surface area (Å²) in [4.78, 5) is 28.8. The molecule has 3 rings (SSSR count). The van der Waals surface area contributed by atoms with Gasteiger partial charge in [-0.15, -0.1) is 23.7 Å². The summed E-state index contributed by atoms with van der Waals surface area (Å²) in [6.45, 7) is 6.14. The van der Waals surface area contributed by atoms with Gasteiger partial charge in [0.05, 0.1) is 10.6 Å². The molecule has 7 nitrogen and oxygen atoms in total. The number of halogens is 1. The molecule has 2 amide bonds. The number of likely N-dealkylation sites (tertiary alicyclic amines) is 1. The molecule has 0 spiro atoms. The predicted molar refractivity (Wildman–Crippen MR) is 111 cm³/mol. The van der Waals surface area contributed by atoms with Crippen molar-refractivity contribution in [1.29, 1.82) is 0 Å². The maximum absolute atomic E-state index is 12.7. The Bertz CT molecular complexity index is 782. The number of piperidine rings is 1. The molecule has 27 heavy (non-hydrogen) atoms. The minimum Gasteiger partial charge on any atom is -0.341 e. The predicted octanol–water partition coefficient (Wildman–Crippen LogP) is 1.94. The van der Waals surface area contributed by atoms with Crippen LogP contribution in [0.25, 0.3) is 10.2 Å². The van der Waals surface area contributed by atoms with E-state index in [4.69, 9.17) is 0 Å². The van der Waals surface area contributed by atoms with Crippen LogP contribution in [0.5, 0.6) is 0 Å². The molecule has 0 bridgehead atoms. The first-order valence-corrected chi connectivity index (χ1v) is 9.89. The van der Waals surface area contributed by atoms with Crippen LogP contribution in [0.4, 0.5) is 0 Å². The maximum Gasteiger partial charge on any atom is 0.262 e. The minimum atomic E-state index is -0.528. The summed E-state index contributed by atoms with van der Waals surface area (Å²) < 4.78 is 1.79. The van der Waals surface area contributed by atoms with Gasteiger partial charge < -0.3 is 15.5 Å². The Morgan fingerprint density at radius 3 is 2.85 bits per heavy atom. The Morgan fingerprint density at radius 1 is 1.44 bits per heavy atom. The topological polar surface area (TPSA) is 79.3 Å². The van der Waals surface area contributed by atoms with E-state index in [2.05, 4.69) is 15.7 Å². The van der Waals surface area contributed by atoms with Crippen molar-refractivity contribution in [3.8, 4) is 0 Å². The lowest BCUT2D eigenvalue weighted by Crippen LogP contribution is -2.50. The van der Waals surface area contributed by atoms with E-state index in [1.807, 2.05) is 32.0 Å². The molecule has 1 saturated heterocycles. The molecule has 2 aromatic rings. The highest BCUT2D eigenvalue weighted by molar-refractivity contribution is 7.20. The number of hydrogen-bond donors (Lipinski definition) is 2. The van der Waals surface area contributed by atoms with Crippen LogP contribution in [-0.4, -0.2) is 59.2 Å². The molecule has 150 valence electrons. The first-order chi connectivity index (χ1) is 12.4. The fraction of sp³-hybridized carbons (Fsp3) is 0.611. The van der Waals surface area contributed by atoms with Crippen molar-refractivity contribution < 1.29 is 9.59 Å². The van der Waals surface area contributed by atoms with Gasteiger partial charge in [-0.05, 0) is 52.3 Å². The fourth-order valence-electron chi connectivity index (χ4n) is 3.64. The van der Waals surface area contributed by atoms with Gasteiger partial charge in [0.15, 0.2) is 0 Å². The zero-order valence-corrected chi connectivity index (χ0v) is 17.9. The SMILES string of the molecule is CNCC1CCCN(C(=O)C(C)NC(=O)c2cc3c(C)nn(C)c3s2)C1.Cl. The Balaban J connectivity index is 0.00000261. The summed E-state index contributed by atoms with van der Waals surface area (Å²) in [6, 6.07) is 1.33. The van der Waals surface area contributed by atoms with Crippen LogP contribution in [0.3, 0.4) is 0 Å². The number of carbonyl (C=O) groups is 2. The number of aryl methyl sites for hydroxylation is 2. The third-order valence-corrected chi connectivity index (χ3v) is 6.16. The van der Waals surface area contributed by atoms with E-state index in [0.717, 1.165) is 48.4 Å². The minimum absolute atomic E-state index is 0. The number of nitrogens with one attached hydrogen (secondary N) is 2. The number of carbonyl (C=O) groups excluding carboxylic acids is 2. The molecule has 0 saturated carbocycles. The van der Waals surface area contributed by atoms with Gasteiger partial charge in [-0.1, -0.05) is 0 Å². The maximum atomic E-state index is 12.7. The highest BCUT2D eigenvalue weighted by Gasteiger charge is 2.28. The van der Waals surface area contributed by atoms with Gasteiger partial charge in [0, 0.05) is 25.5 Å². The number of hydrogen-bond acceptors (Lipinski definition) is 5. The molecule has 9 heteroatoms. The zero-order valence-electron chi connectivity index (χ0n) is 16.2. The average molecular weight is 414 g/mol. The molecule has 2 N–H and O–H groups in total. The van der Waals surface area contributed by atoms with Crippen molar-refractivity contribution in [2.75, 3.05) is 26.7 Å². The lowest BCUT2D eigenvalue weighted by molar-refractivity contribution is -0.134. The van der Waals surface area contributed by atoms with Crippen LogP contribution >= 0.6 is 23.7 Å². The van der Waals surface area contributed by atoms with Gasteiger partial charge in [-0.25, -0.2) is 0 Å². The molecule has 2 aromatic heterocycles. The van der Waals surface area contributed by atoms with Crippen LogP contribution in [-0.2, 0) is 11.8 Å². The molecule has 0 aliphatic carbocycles. The van der Waals surface area contributed by atoms with E-state index in [1.165, 1.54) is 11.3 Å². The molecule has 3 heterocycles. The lowest BCUT2D eigenvalue weighted by Gasteiger charge is -2.34. The van der Waals surface area contributed by atoms with Gasteiger partial charge >= 0.3 is 0 Å². The molecule has 2 unspecified atom stereocenters. The molecular formula is C18H28ClN5O2S. The number of aromatic nitrogens is 2. The quantitative estimate of drug-likeness (QED) is 0.785. The Kier molecular flexibility index (Phi) is 7.25. The van der Waals surface area contributed by atoms with Gasteiger partial charge in [0.25, 0.3) is 5.91 Å². The van der Waals surface area contributed by atoms with Crippen molar-refractivity contribution in [2.24, 2.45) is 13.0 Å². The summed E-state index contributed by atoms with van der Waals surface area (Å²) >= 11 is 1.40. The summed E-state index contributed by atoms with van der Waals surface area (Å²) in [5.74, 6) is 0.284. The second kappa shape index (κ2) is 9.03. The van der Waals surface area contributed by atoms with Crippen LogP contribution in [0.2, 0.25) is 0 Å². The van der Waals surface area contributed by atoms with Crippen molar-refractivity contribution >= 4 is 45.8 Å². The number of nitrogens with zero attached hydrogens (tertiary/aromatic N) is 3. The van der Waals surface area contributed by atoms with E-state index in [0.29, 0.717) is 10.8 Å². The highest BCUT2D eigenvalue weighted by Crippen LogP contribution is 2.27. The molecule has 1 aliphatic rings. The zero-order chi connectivity index (χ0) is 18.8. The normalized spacial score (nSPS) is 18.2. The highest BCUT2D eigenvalue weighted by atomic mass is 35.5. The van der Waals surface area contributed by atoms with Gasteiger partial charge in [-0.2, -0.15) is 5.10 Å². The third-order valence-electron chi connectivity index (χ3n) is 4.96. The summed E-state index contributed by atoms with van der Waals surface area (Å²) in [5.41, 5.74) is 0.908. The second-order valence-corrected chi connectivity index (χ2v) is 8.11. The summed E-state index contributed by atoms with van der Waals surface area (Å²) in [7, 11) is 3.81. The number of fused-ring (bicyclic) bond motifs is 1. The van der Waals surface area contributed by atoms with Crippen LogP contribution in [0, 0.1) is 12.8 Å². The van der Waals surface area contributed by atoms with Crippen molar-refractivity contribution in [2.45, 2.75) is 32.7 Å². The Hall–Kier alpha value is -1.64. The number of amides is 2. The standard InChI is InChI=1S/C18H27N5O2S.ClH/c1-11-14-8-15(26-18(14)22(4)21-11)16(24)20-12(2)17(25)23-7-5-6-13(10-23)9-19-3;/h8,12-13,19H,5-7,9-10H2,1-4H3,(H,20,24);1H. The second-order valence-electron chi connectivity index (χ2n) is 7.08. The molecule has 2 atom stereocenters. The van der Waals surface area contributed by atoms with E-state index in [-0.39, 0.29) is 24.2 Å². The first-order valence-electron chi connectivity index (χ1n) is 9.08. The largest absolute Gasteiger partial charge is 0.341 e. The van der Waals surface area contributed by atoms with E-state index in [1.54, 1.807) is 11.6 Å². The lowest BCUT2D eigenvalue weighted by atomic mass is 9.97. The third kappa shape index (κ3) is 4.62. The Labute approximate surface area is 169 Å². The molecule has 0 aromatic carbocycles. The molecule has 1 fully saturated rings. The van der Waals surface area contributed by atoms with Gasteiger partial charge in [-0.3, -0.25) is 14.3 Å². The summed E-state index contributed by atoms with van der Waals surface area (Å²) in [5, 5.41) is 11.4. The van der Waals surface area contributed by atoms with Gasteiger partial charge in [0.1, 0.15) is 10.9 Å². The smallest absolute Gasteiger partial charge is 0.262 e. The van der Waals surface area contributed by atoms with Crippen molar-refractivity contribution in [3.05, 3.63) is 16.6 Å². The van der Waals surface area contributed by atoms with Crippen LogP contribution < -0.4 is 10.6 Å². The van der Waals surface area contributed by atoms with Crippen molar-refractivity contribution in [1.82, 2.24) is 25.3 Å². The first kappa shape index (κ1) is 21.7. The van der Waals surface area contributed by atoms with Gasteiger partial charge in [0.2, 0.25) is 5.91 Å². The van der Waals surface area contributed by atoms with E-state index in [9.17, 15) is 9.59 Å². The summed E-state index contributed by atoms with van der Waals surface area (Å²) in [6.07, 6.45) is 2.15. The number of thiophene rings is 1. The average Bonchev–Trinajstić information content (AvgIpc) is 3.17. The Morgan fingerprint density at radius 2 is 2.19 bits per heavy atom. The van der Waals surface area contributed by atoms with Crippen LogP contribution in [0.1, 0.15) is 35.1 Å². The number of rotatable bonds is 5. The van der Waals surface area contributed by atoms with E-state index >= 15 is 0 Å². The monoisotopic (exact) mass is 413 g/mol. The van der Waals surface area contributed by atoms with Crippen molar-refractivity contribution in [3.63, 3.8) is 0 Å². The molecular weight excluding hydrogens is 386 g/mol. The molecule has 1 aliphatic heterocycles. The fourth-order valence-corrected chi connectivity index (χ4v) is 4.67. The van der Waals surface area contributed by atoms with Crippen LogP contribution in [0.15, 0.2) is 6.07 Å².